The van der Waals surface area contributed by atoms with E-state index in [1.807, 2.05) is 0 Å². The van der Waals surface area contributed by atoms with E-state index in [4.69, 9.17) is 0 Å². The van der Waals surface area contributed by atoms with Gasteiger partial charge in [-0.25, -0.2) is 0 Å². The summed E-state index contributed by atoms with van der Waals surface area (Å²) in [6.45, 7) is 0. The van der Waals surface area contributed by atoms with Crippen LogP contribution in [-0.4, -0.2) is 31.7 Å². The van der Waals surface area contributed by atoms with Crippen LogP contribution in [0.15, 0.2) is 24.3 Å². The maximum atomic E-state index is 2.28. The molecule has 1 aliphatic rings. The lowest BCUT2D eigenvalue weighted by molar-refractivity contribution is -0.888. The Morgan fingerprint density at radius 1 is 1.20 bits per heavy atom. The Hall–Kier alpha value is -0.560. The van der Waals surface area contributed by atoms with Crippen LogP contribution in [0, 0.1) is 0 Å². The molecule has 1 nitrogen and oxygen atoms in total. The highest BCUT2D eigenvalue weighted by atomic mass is 15.3. The van der Waals surface area contributed by atoms with E-state index in [2.05, 4.69) is 45.4 Å². The van der Waals surface area contributed by atoms with Crippen molar-refractivity contribution in [2.45, 2.75) is 12.5 Å². The molecule has 0 saturated carbocycles. The molecule has 0 N–H and O–H groups in total. The lowest BCUT2D eigenvalue weighted by Gasteiger charge is -2.32. The van der Waals surface area contributed by atoms with Gasteiger partial charge in [0.15, 0.2) is 0 Å². The van der Waals surface area contributed by atoms with Gasteiger partial charge in [0.05, 0.1) is 21.1 Å². The van der Waals surface area contributed by atoms with Crippen molar-refractivity contribution in [2.24, 2.45) is 0 Å². The molecular weight excluding hydrogens is 122 g/mol. The smallest absolute Gasteiger partial charge is 0.111 e. The Morgan fingerprint density at radius 3 is 2.20 bits per heavy atom. The molecule has 0 radical (unpaired) electrons. The first-order valence-corrected chi connectivity index (χ1v) is 3.75. The molecule has 0 spiro atoms. The zero-order valence-electron chi connectivity index (χ0n) is 7.04. The Bertz CT molecular complexity index is 160. The van der Waals surface area contributed by atoms with E-state index < -0.39 is 0 Å². The zero-order chi connectivity index (χ0) is 7.61. The second-order valence-electron chi connectivity index (χ2n) is 3.73. The van der Waals surface area contributed by atoms with Gasteiger partial charge in [-0.05, 0) is 6.08 Å². The Balaban J connectivity index is 2.60. The Kier molecular flexibility index (Phi) is 1.95. The summed E-state index contributed by atoms with van der Waals surface area (Å²) in [5.41, 5.74) is 0. The summed E-state index contributed by atoms with van der Waals surface area (Å²) in [5, 5.41) is 0. The molecule has 56 valence electrons. The number of hydrogen-bond donors (Lipinski definition) is 0. The van der Waals surface area contributed by atoms with E-state index in [1.54, 1.807) is 0 Å². The topological polar surface area (TPSA) is 0 Å². The van der Waals surface area contributed by atoms with E-state index >= 15 is 0 Å². The molecule has 1 unspecified atom stereocenters. The van der Waals surface area contributed by atoms with Gasteiger partial charge < -0.3 is 4.48 Å². The third kappa shape index (κ3) is 1.71. The van der Waals surface area contributed by atoms with Gasteiger partial charge in [-0.1, -0.05) is 18.2 Å². The van der Waals surface area contributed by atoms with Crippen LogP contribution in [0.2, 0.25) is 0 Å². The lowest BCUT2D eigenvalue weighted by atomic mass is 10.1. The monoisotopic (exact) mass is 138 g/mol. The predicted octanol–water partition coefficient (Wildman–Crippen LogP) is 1.58. The summed E-state index contributed by atoms with van der Waals surface area (Å²) in [4.78, 5) is 0. The van der Waals surface area contributed by atoms with E-state index in [0.29, 0.717) is 6.04 Å². The molecule has 0 bridgehead atoms. The molecular formula is C9H16N+. The fourth-order valence-corrected chi connectivity index (χ4v) is 1.14. The molecule has 1 aliphatic carbocycles. The van der Waals surface area contributed by atoms with Crippen LogP contribution in [0.4, 0.5) is 0 Å². The fourth-order valence-electron chi connectivity index (χ4n) is 1.14. The van der Waals surface area contributed by atoms with Crippen LogP contribution in [0.1, 0.15) is 6.42 Å². The Labute approximate surface area is 63.2 Å². The number of allylic oxidation sites excluding steroid dienone is 2. The van der Waals surface area contributed by atoms with Crippen molar-refractivity contribution >= 4 is 0 Å². The summed E-state index contributed by atoms with van der Waals surface area (Å²) in [5.74, 6) is 0. The highest BCUT2D eigenvalue weighted by Crippen LogP contribution is 2.12. The normalized spacial score (nSPS) is 25.3. The molecule has 0 fully saturated rings. The second-order valence-corrected chi connectivity index (χ2v) is 3.73. The van der Waals surface area contributed by atoms with Crippen molar-refractivity contribution in [1.29, 1.82) is 0 Å². The largest absolute Gasteiger partial charge is 0.325 e. The second kappa shape index (κ2) is 2.59. The molecule has 0 aromatic heterocycles. The number of quaternary nitrogens is 1. The van der Waals surface area contributed by atoms with Crippen molar-refractivity contribution in [1.82, 2.24) is 0 Å². The van der Waals surface area contributed by atoms with E-state index in [1.165, 1.54) is 6.42 Å². The summed E-state index contributed by atoms with van der Waals surface area (Å²) in [6.07, 6.45) is 9.94. The maximum absolute atomic E-state index is 2.28. The minimum atomic E-state index is 0.671. The first-order valence-electron chi connectivity index (χ1n) is 3.75. The van der Waals surface area contributed by atoms with Gasteiger partial charge >= 0.3 is 0 Å². The molecule has 0 heterocycles. The van der Waals surface area contributed by atoms with Crippen LogP contribution >= 0.6 is 0 Å². The van der Waals surface area contributed by atoms with Crippen LogP contribution < -0.4 is 0 Å². The quantitative estimate of drug-likeness (QED) is 0.483. The van der Waals surface area contributed by atoms with Crippen LogP contribution in [-0.2, 0) is 0 Å². The first-order chi connectivity index (χ1) is 4.61. The summed E-state index contributed by atoms with van der Waals surface area (Å²) >= 11 is 0. The average Bonchev–Trinajstić information content (AvgIpc) is 1.88. The van der Waals surface area contributed by atoms with Crippen molar-refractivity contribution in [3.8, 4) is 0 Å². The molecule has 0 aliphatic heterocycles. The summed E-state index contributed by atoms with van der Waals surface area (Å²) in [7, 11) is 6.69. The van der Waals surface area contributed by atoms with Crippen molar-refractivity contribution in [3.63, 3.8) is 0 Å². The average molecular weight is 138 g/mol. The zero-order valence-corrected chi connectivity index (χ0v) is 7.04. The highest BCUT2D eigenvalue weighted by molar-refractivity contribution is 5.11. The molecule has 10 heavy (non-hydrogen) atoms. The van der Waals surface area contributed by atoms with Crippen molar-refractivity contribution in [2.75, 3.05) is 21.1 Å². The fraction of sp³-hybridized carbons (Fsp3) is 0.556. The van der Waals surface area contributed by atoms with Crippen molar-refractivity contribution in [3.05, 3.63) is 24.3 Å². The van der Waals surface area contributed by atoms with Gasteiger partial charge in [-0.2, -0.15) is 0 Å². The van der Waals surface area contributed by atoms with Gasteiger partial charge in [-0.3, -0.25) is 0 Å². The Morgan fingerprint density at radius 2 is 1.90 bits per heavy atom. The standard InChI is InChI=1S/C9H16N/c1-10(2,3)9-7-5-4-6-8-9/h4-7,9H,8H2,1-3H3/q+1. The third-order valence-electron chi connectivity index (χ3n) is 1.95. The van der Waals surface area contributed by atoms with Crippen LogP contribution in [0.25, 0.3) is 0 Å². The number of rotatable bonds is 1. The lowest BCUT2D eigenvalue weighted by Crippen LogP contribution is -2.43. The van der Waals surface area contributed by atoms with Crippen LogP contribution in [0.3, 0.4) is 0 Å². The van der Waals surface area contributed by atoms with E-state index in [0.717, 1.165) is 4.48 Å². The van der Waals surface area contributed by atoms with E-state index in [-0.39, 0.29) is 0 Å². The maximum Gasteiger partial charge on any atom is 0.111 e. The SMILES string of the molecule is C[N+](C)(C)C1C=CC=CC1. The predicted molar refractivity (Wildman–Crippen MR) is 44.7 cm³/mol. The number of hydrogen-bond acceptors (Lipinski definition) is 0. The molecule has 1 heteroatoms. The van der Waals surface area contributed by atoms with Gasteiger partial charge in [0.2, 0.25) is 0 Å². The number of nitrogens with zero attached hydrogens (tertiary/aromatic N) is 1. The van der Waals surface area contributed by atoms with Gasteiger partial charge in [0, 0.05) is 6.42 Å². The van der Waals surface area contributed by atoms with Crippen molar-refractivity contribution < 1.29 is 4.48 Å². The molecule has 0 amide bonds. The number of likely N-dealkylation sites (N-methyl/N-ethyl adjacent to an activating group) is 1. The molecule has 1 rings (SSSR count). The molecule has 1 atom stereocenters. The van der Waals surface area contributed by atoms with E-state index in [9.17, 15) is 0 Å². The van der Waals surface area contributed by atoms with Gasteiger partial charge in [-0.15, -0.1) is 0 Å². The molecule has 0 aromatic carbocycles. The summed E-state index contributed by atoms with van der Waals surface area (Å²) in [6, 6.07) is 0.671. The molecule has 0 saturated heterocycles. The highest BCUT2D eigenvalue weighted by Gasteiger charge is 2.19. The third-order valence-corrected chi connectivity index (χ3v) is 1.95. The first kappa shape index (κ1) is 7.55. The minimum absolute atomic E-state index is 0.671. The van der Waals surface area contributed by atoms with Gasteiger partial charge in [0.1, 0.15) is 6.04 Å². The summed E-state index contributed by atoms with van der Waals surface area (Å²) < 4.78 is 1.03. The van der Waals surface area contributed by atoms with Crippen LogP contribution in [0.5, 0.6) is 0 Å². The minimum Gasteiger partial charge on any atom is -0.325 e. The molecule has 0 aromatic rings. The van der Waals surface area contributed by atoms with Gasteiger partial charge in [0.25, 0.3) is 0 Å².